The van der Waals surface area contributed by atoms with E-state index in [-0.39, 0.29) is 44.2 Å². The monoisotopic (exact) mass is 1790 g/mol. The Bertz CT molecular complexity index is 5650. The average molecular weight is 1790 g/mol. The second-order valence-electron chi connectivity index (χ2n) is 26.2. The molecule has 0 aliphatic rings. The highest BCUT2D eigenvalue weighted by molar-refractivity contribution is 6.36. The maximum Gasteiger partial charge on any atom is 0.341 e. The van der Waals surface area contributed by atoms with Gasteiger partial charge in [-0.15, -0.1) is 0 Å². The molecule has 117 heavy (non-hydrogen) atoms. The van der Waals surface area contributed by atoms with Crippen LogP contribution in [0.2, 0.25) is 50.5 Å². The van der Waals surface area contributed by atoms with Gasteiger partial charge in [0.1, 0.15) is 44.7 Å². The van der Waals surface area contributed by atoms with Gasteiger partial charge in [-0.1, -0.05) is 143 Å². The molecule has 0 unspecified atom stereocenters. The van der Waals surface area contributed by atoms with Crippen molar-refractivity contribution in [1.29, 1.82) is 0 Å². The highest BCUT2D eigenvalue weighted by Gasteiger charge is 2.24. The van der Waals surface area contributed by atoms with E-state index >= 15 is 0 Å². The lowest BCUT2D eigenvalue weighted by Gasteiger charge is -2.19. The minimum atomic E-state index is -1.10. The van der Waals surface area contributed by atoms with Gasteiger partial charge in [-0.05, 0) is 185 Å². The van der Waals surface area contributed by atoms with Gasteiger partial charge in [-0.3, -0.25) is 29.9 Å². The highest BCUT2D eigenvalue weighted by Crippen LogP contribution is 2.38. The quantitative estimate of drug-likeness (QED) is 0.0304. The standard InChI is InChI=1S/C21H19ClFN3O2.C21H17ClFN3O2.C14H12Cl2FNO.C14H10Cl2FN.C8H9Cl2NO.C7H5Cl2NO2/c2*1-12(2)15-11-25-19(14-8-13(22)4-5-17(14)23)9-20(15)26-18-6-7-24-10-16(18)21(27)28-3;1-14(2,19)10-7-18-13(6-11(10)16)9-5-8(15)3-4-12(9)17;1-8(2)11-7-18-14(6-12(11)16)10-5-9(15)3-4-13(10)17;1-8(2,12)5-4-11-7(10)3-6(5)9;1-12-7(11)4-3-10-6(9)2-5(4)8/h4-12H,1-3H3,(H,24,25,26);4-11H,1H2,2-3H3,(H,24,25,26);3-7,19H,1-2H3;3-7H,1H2,2H3;3-4,12H,1-2H3;2-3H,1H3. The molecule has 32 heteroatoms. The van der Waals surface area contributed by atoms with Crippen LogP contribution in [0.15, 0.2) is 196 Å². The Labute approximate surface area is 722 Å². The number of benzene rings is 4. The SMILES string of the molecule is C=C(C)c1cnc(-c2cc(Cl)ccc2F)cc1Cl.C=C(C)c1cnc(-c2cc(Cl)ccc2F)cc1Nc1ccncc1C(=O)OC.CC(C)(O)c1cnc(-c2cc(Cl)ccc2F)cc1Cl.CC(C)(O)c1cnc(Cl)cc1Cl.COC(=O)c1cnc(Cl)cc1Cl.COC(=O)c1cnccc1Nc1cc(-c2cc(Cl)ccc2F)ncc1C(C)C. The number of allylic oxidation sites excluding steroid dienone is 2. The number of nitrogens with one attached hydrogen (secondary N) is 2. The summed E-state index contributed by atoms with van der Waals surface area (Å²) in [6.07, 6.45) is 15.0. The summed E-state index contributed by atoms with van der Waals surface area (Å²) in [5.74, 6) is -3.07. The molecule has 0 spiro atoms. The van der Waals surface area contributed by atoms with Gasteiger partial charge < -0.3 is 35.1 Å². The van der Waals surface area contributed by atoms with Gasteiger partial charge >= 0.3 is 17.9 Å². The lowest BCUT2D eigenvalue weighted by molar-refractivity contribution is 0.0592. The van der Waals surface area contributed by atoms with Gasteiger partial charge in [0.2, 0.25) is 0 Å². The summed E-state index contributed by atoms with van der Waals surface area (Å²) < 4.78 is 70.1. The summed E-state index contributed by atoms with van der Waals surface area (Å²) in [6.45, 7) is 22.0. The number of rotatable bonds is 16. The number of methoxy groups -OCH3 is 3. The second kappa shape index (κ2) is 43.0. The molecule has 12 aromatic rings. The van der Waals surface area contributed by atoms with Crippen LogP contribution in [0.4, 0.5) is 40.3 Å². The van der Waals surface area contributed by atoms with E-state index in [0.717, 1.165) is 27.8 Å². The van der Waals surface area contributed by atoms with Crippen LogP contribution < -0.4 is 10.6 Å². The third-order valence-electron chi connectivity index (χ3n) is 16.3. The van der Waals surface area contributed by atoms with Gasteiger partial charge in [0.05, 0.1) is 92.3 Å². The number of carbonyl (C=O) groups excluding carboxylic acids is 3. The molecule has 18 nitrogen and oxygen atoms in total. The lowest BCUT2D eigenvalue weighted by Crippen LogP contribution is -2.16. The zero-order chi connectivity index (χ0) is 86.5. The molecule has 8 aromatic heterocycles. The van der Waals surface area contributed by atoms with Crippen LogP contribution in [-0.2, 0) is 25.4 Å². The van der Waals surface area contributed by atoms with Gasteiger partial charge in [-0.2, -0.15) is 0 Å². The molecule has 608 valence electrons. The predicted molar refractivity (Wildman–Crippen MR) is 460 cm³/mol. The Morgan fingerprint density at radius 1 is 0.385 bits per heavy atom. The highest BCUT2D eigenvalue weighted by atomic mass is 35.5. The third kappa shape index (κ3) is 26.6. The van der Waals surface area contributed by atoms with Gasteiger partial charge in [0.25, 0.3) is 0 Å². The van der Waals surface area contributed by atoms with E-state index < -0.39 is 46.6 Å². The molecule has 8 heterocycles. The van der Waals surface area contributed by atoms with Crippen molar-refractivity contribution in [3.8, 4) is 45.0 Å². The number of hydrogen-bond acceptors (Lipinski definition) is 18. The molecular weight excluding hydrogens is 1720 g/mol. The molecule has 0 fully saturated rings. The Kier molecular flexibility index (Phi) is 34.6. The van der Waals surface area contributed by atoms with E-state index in [1.807, 2.05) is 27.7 Å². The van der Waals surface area contributed by atoms with E-state index in [1.54, 1.807) is 89.0 Å². The van der Waals surface area contributed by atoms with Crippen molar-refractivity contribution in [3.63, 3.8) is 0 Å². The molecular formula is C85H72Cl10F4N10O8. The molecule has 12 rings (SSSR count). The first-order valence-electron chi connectivity index (χ1n) is 34.3. The van der Waals surface area contributed by atoms with E-state index in [4.69, 9.17) is 125 Å². The van der Waals surface area contributed by atoms with Crippen molar-refractivity contribution >= 4 is 168 Å². The first-order chi connectivity index (χ1) is 55.1. The molecule has 0 bridgehead atoms. The number of pyridine rings is 8. The zero-order valence-electron chi connectivity index (χ0n) is 64.0. The van der Waals surface area contributed by atoms with Gasteiger partial charge in [-0.25, -0.2) is 41.9 Å². The number of aliphatic hydroxyl groups is 2. The van der Waals surface area contributed by atoms with Crippen LogP contribution in [0.25, 0.3) is 56.2 Å². The minimum absolute atomic E-state index is 0.150. The summed E-state index contributed by atoms with van der Waals surface area (Å²) in [7, 11) is 3.88. The normalized spacial score (nSPS) is 10.8. The molecule has 0 saturated carbocycles. The van der Waals surface area contributed by atoms with Crippen LogP contribution in [0.1, 0.15) is 120 Å². The largest absolute Gasteiger partial charge is 0.465 e. The van der Waals surface area contributed by atoms with Crippen LogP contribution in [0, 0.1) is 23.3 Å². The van der Waals surface area contributed by atoms with Crippen LogP contribution in [0.3, 0.4) is 0 Å². The van der Waals surface area contributed by atoms with Crippen molar-refractivity contribution in [2.24, 2.45) is 0 Å². The van der Waals surface area contributed by atoms with Crippen molar-refractivity contribution in [2.75, 3.05) is 32.0 Å². The van der Waals surface area contributed by atoms with Crippen molar-refractivity contribution in [2.45, 2.75) is 72.5 Å². The first-order valence-corrected chi connectivity index (χ1v) is 38.1. The number of aromatic nitrogens is 8. The first kappa shape index (κ1) is 94.3. The average Bonchev–Trinajstić information content (AvgIpc) is 0.804. The topological polar surface area (TPSA) is 247 Å². The summed E-state index contributed by atoms with van der Waals surface area (Å²) in [4.78, 5) is 67.5. The Morgan fingerprint density at radius 2 is 0.701 bits per heavy atom. The molecule has 0 amide bonds. The van der Waals surface area contributed by atoms with Crippen LogP contribution in [0.5, 0.6) is 0 Å². The molecule has 0 radical (unpaired) electrons. The fraction of sp³-hybridized carbons (Fsp3) is 0.165. The number of hydrogen-bond donors (Lipinski definition) is 4. The minimum Gasteiger partial charge on any atom is -0.465 e. The van der Waals surface area contributed by atoms with E-state index in [9.17, 15) is 42.2 Å². The molecule has 0 aliphatic heterocycles. The summed E-state index contributed by atoms with van der Waals surface area (Å²) in [6, 6.07) is 29.9. The van der Waals surface area contributed by atoms with E-state index in [1.165, 1.54) is 143 Å². The molecule has 4 aromatic carbocycles. The fourth-order valence-corrected chi connectivity index (χ4v) is 12.7. The Balaban J connectivity index is 0.000000200. The van der Waals surface area contributed by atoms with Crippen LogP contribution >= 0.6 is 116 Å². The summed E-state index contributed by atoms with van der Waals surface area (Å²) in [5.41, 5.74) is 8.87. The maximum atomic E-state index is 14.3. The van der Waals surface area contributed by atoms with Crippen molar-refractivity contribution in [3.05, 3.63) is 315 Å². The van der Waals surface area contributed by atoms with E-state index in [0.29, 0.717) is 114 Å². The third-order valence-corrected chi connectivity index (χ3v) is 18.9. The fourth-order valence-electron chi connectivity index (χ4n) is 10.3. The Hall–Kier alpha value is -9.89. The smallest absolute Gasteiger partial charge is 0.341 e. The lowest BCUT2D eigenvalue weighted by atomic mass is 9.99. The Morgan fingerprint density at radius 3 is 1.07 bits per heavy atom. The predicted octanol–water partition coefficient (Wildman–Crippen LogP) is 25.5. The number of esters is 3. The number of ether oxygens (including phenoxy) is 3. The zero-order valence-corrected chi connectivity index (χ0v) is 71.6. The summed E-state index contributed by atoms with van der Waals surface area (Å²) in [5, 5.41) is 29.7. The number of halogens is 14. The van der Waals surface area contributed by atoms with Crippen LogP contribution in [-0.4, -0.2) is 89.3 Å². The van der Waals surface area contributed by atoms with Crippen molar-refractivity contribution in [1.82, 2.24) is 39.9 Å². The number of nitrogens with zero attached hydrogens (tertiary/aromatic N) is 8. The van der Waals surface area contributed by atoms with Gasteiger partial charge in [0, 0.05) is 138 Å². The van der Waals surface area contributed by atoms with Crippen molar-refractivity contribution < 1.29 is 56.4 Å². The number of carbonyl (C=O) groups is 3. The summed E-state index contributed by atoms with van der Waals surface area (Å²) >= 11 is 58.5. The molecule has 0 aliphatic carbocycles. The molecule has 0 atom stereocenters. The second-order valence-corrected chi connectivity index (χ2v) is 30.4. The maximum absolute atomic E-state index is 14.3. The molecule has 0 saturated heterocycles. The van der Waals surface area contributed by atoms with Gasteiger partial charge in [0.15, 0.2) is 0 Å². The molecule has 4 N–H and O–H groups in total. The van der Waals surface area contributed by atoms with E-state index in [2.05, 4.69) is 68.4 Å². The number of anilines is 4.